The summed E-state index contributed by atoms with van der Waals surface area (Å²) in [6, 6.07) is -0.515. The molecule has 1 saturated carbocycles. The van der Waals surface area contributed by atoms with Gasteiger partial charge >= 0.3 is 6.03 Å². The van der Waals surface area contributed by atoms with E-state index in [9.17, 15) is 14.4 Å². The van der Waals surface area contributed by atoms with Crippen LogP contribution in [0.2, 0.25) is 0 Å². The molecule has 3 rings (SSSR count). The van der Waals surface area contributed by atoms with Crippen LogP contribution in [-0.2, 0) is 9.59 Å². The van der Waals surface area contributed by atoms with Gasteiger partial charge in [0.1, 0.15) is 12.1 Å². The fourth-order valence-corrected chi connectivity index (χ4v) is 4.21. The molecule has 0 spiro atoms. The van der Waals surface area contributed by atoms with Crippen molar-refractivity contribution < 1.29 is 14.4 Å². The highest BCUT2D eigenvalue weighted by molar-refractivity contribution is 8.01. The average Bonchev–Trinajstić information content (AvgIpc) is 3.23. The average molecular weight is 355 g/mol. The van der Waals surface area contributed by atoms with Gasteiger partial charge in [0.25, 0.3) is 5.91 Å². The lowest BCUT2D eigenvalue weighted by Gasteiger charge is -2.20. The molecule has 1 atom stereocenters. The smallest absolute Gasteiger partial charge is 0.323 e. The number of rotatable bonds is 6. The highest BCUT2D eigenvalue weighted by Gasteiger charge is 2.56. The molecule has 1 aromatic heterocycles. The van der Waals surface area contributed by atoms with Gasteiger partial charge in [-0.15, -0.1) is 10.2 Å². The molecule has 2 N–H and O–H groups in total. The molecule has 0 bridgehead atoms. The second-order valence-electron chi connectivity index (χ2n) is 5.65. The maximum absolute atomic E-state index is 12.4. The van der Waals surface area contributed by atoms with Gasteiger partial charge in [0.05, 0.1) is 0 Å². The molecule has 1 aliphatic heterocycles. The Bertz CT molecular complexity index is 660. The van der Waals surface area contributed by atoms with Crippen molar-refractivity contribution in [3.05, 3.63) is 0 Å². The van der Waals surface area contributed by atoms with Crippen molar-refractivity contribution in [2.75, 3.05) is 17.6 Å². The van der Waals surface area contributed by atoms with Crippen LogP contribution in [0, 0.1) is 5.92 Å². The van der Waals surface area contributed by atoms with Gasteiger partial charge in [0, 0.05) is 0 Å². The van der Waals surface area contributed by atoms with E-state index in [0.717, 1.165) is 27.8 Å². The van der Waals surface area contributed by atoms with Crippen LogP contribution >= 0.6 is 23.1 Å². The van der Waals surface area contributed by atoms with Crippen molar-refractivity contribution in [3.63, 3.8) is 0 Å². The number of hydrogen-bond acceptors (Lipinski definition) is 7. The Morgan fingerprint density at radius 3 is 2.87 bits per heavy atom. The first-order valence-corrected chi connectivity index (χ1v) is 9.14. The van der Waals surface area contributed by atoms with Crippen LogP contribution in [0.5, 0.6) is 0 Å². The van der Waals surface area contributed by atoms with E-state index in [1.54, 1.807) is 6.92 Å². The number of nitrogens with zero attached hydrogens (tertiary/aromatic N) is 3. The third-order valence-corrected chi connectivity index (χ3v) is 5.77. The molecule has 124 valence electrons. The second-order valence-corrected chi connectivity index (χ2v) is 8.14. The van der Waals surface area contributed by atoms with Crippen molar-refractivity contribution in [3.8, 4) is 0 Å². The van der Waals surface area contributed by atoms with Crippen molar-refractivity contribution >= 4 is 46.1 Å². The summed E-state index contributed by atoms with van der Waals surface area (Å²) in [6.45, 7) is 3.41. The summed E-state index contributed by atoms with van der Waals surface area (Å²) >= 11 is 2.80. The number of carbonyl (C=O) groups is 3. The maximum atomic E-state index is 12.4. The van der Waals surface area contributed by atoms with Crippen molar-refractivity contribution in [2.24, 2.45) is 5.92 Å². The fourth-order valence-electron chi connectivity index (χ4n) is 2.54. The quantitative estimate of drug-likeness (QED) is 0.453. The highest BCUT2D eigenvalue weighted by atomic mass is 32.2. The Morgan fingerprint density at radius 1 is 1.48 bits per heavy atom. The van der Waals surface area contributed by atoms with Crippen LogP contribution in [0.3, 0.4) is 0 Å². The van der Waals surface area contributed by atoms with Crippen molar-refractivity contribution in [1.29, 1.82) is 0 Å². The number of imide groups is 1. The molecule has 2 aliphatic rings. The minimum atomic E-state index is -0.870. The first-order valence-electron chi connectivity index (χ1n) is 7.34. The minimum absolute atomic E-state index is 0.170. The topological polar surface area (TPSA) is 104 Å². The van der Waals surface area contributed by atoms with Crippen molar-refractivity contribution in [2.45, 2.75) is 36.6 Å². The van der Waals surface area contributed by atoms with E-state index in [1.165, 1.54) is 23.1 Å². The van der Waals surface area contributed by atoms with Gasteiger partial charge in [0.15, 0.2) is 4.34 Å². The molecule has 1 saturated heterocycles. The molecule has 0 aromatic carbocycles. The molecular formula is C13H17N5O3S2. The number of aromatic nitrogens is 2. The van der Waals surface area contributed by atoms with E-state index >= 15 is 0 Å². The molecule has 4 amide bonds. The lowest BCUT2D eigenvalue weighted by molar-refractivity contribution is -0.134. The molecule has 23 heavy (non-hydrogen) atoms. The molecule has 1 aromatic rings. The maximum Gasteiger partial charge on any atom is 0.325 e. The molecule has 8 nitrogen and oxygen atoms in total. The number of amides is 4. The van der Waals surface area contributed by atoms with Gasteiger partial charge < -0.3 is 5.32 Å². The van der Waals surface area contributed by atoms with Gasteiger partial charge in [0.2, 0.25) is 11.0 Å². The molecule has 2 heterocycles. The van der Waals surface area contributed by atoms with Gasteiger partial charge in [-0.25, -0.2) is 4.79 Å². The summed E-state index contributed by atoms with van der Waals surface area (Å²) in [6.07, 6.45) is 1.84. The van der Waals surface area contributed by atoms with Crippen LogP contribution in [0.25, 0.3) is 0 Å². The number of carbonyl (C=O) groups excluding carboxylic acids is 3. The fraction of sp³-hybridized carbons (Fsp3) is 0.615. The number of anilines is 1. The molecular weight excluding hydrogens is 338 g/mol. The largest absolute Gasteiger partial charge is 0.325 e. The molecule has 2 fully saturated rings. The predicted octanol–water partition coefficient (Wildman–Crippen LogP) is 1.31. The van der Waals surface area contributed by atoms with E-state index in [0.29, 0.717) is 5.13 Å². The number of thioether (sulfide) groups is 1. The Kier molecular flexibility index (Phi) is 4.28. The second kappa shape index (κ2) is 6.08. The van der Waals surface area contributed by atoms with E-state index in [2.05, 4.69) is 20.8 Å². The van der Waals surface area contributed by atoms with Gasteiger partial charge in [-0.3, -0.25) is 19.8 Å². The van der Waals surface area contributed by atoms with E-state index in [1.807, 2.05) is 6.92 Å². The SMILES string of the molecule is CCSc1nnc(NC(=O)CN2C(=O)N[C@](C)(C3CC3)C2=O)s1. The highest BCUT2D eigenvalue weighted by Crippen LogP contribution is 2.42. The zero-order valence-corrected chi connectivity index (χ0v) is 14.4. The number of nitrogens with one attached hydrogen (secondary N) is 2. The Labute approximate surface area is 141 Å². The van der Waals surface area contributed by atoms with E-state index in [-0.39, 0.29) is 18.4 Å². The molecule has 10 heteroatoms. The van der Waals surface area contributed by atoms with Gasteiger partial charge in [-0.2, -0.15) is 0 Å². The monoisotopic (exact) mass is 355 g/mol. The predicted molar refractivity (Wildman–Crippen MR) is 86.3 cm³/mol. The number of hydrogen-bond donors (Lipinski definition) is 2. The number of urea groups is 1. The normalized spacial score (nSPS) is 24.0. The van der Waals surface area contributed by atoms with Crippen LogP contribution in [0.15, 0.2) is 4.34 Å². The lowest BCUT2D eigenvalue weighted by atomic mass is 9.96. The summed E-state index contributed by atoms with van der Waals surface area (Å²) in [7, 11) is 0. The van der Waals surface area contributed by atoms with Gasteiger partial charge in [-0.05, 0) is 31.4 Å². The Hall–Kier alpha value is -1.68. The zero-order chi connectivity index (χ0) is 16.6. The van der Waals surface area contributed by atoms with Crippen molar-refractivity contribution in [1.82, 2.24) is 20.4 Å². The first-order chi connectivity index (χ1) is 10.9. The zero-order valence-electron chi connectivity index (χ0n) is 12.8. The summed E-state index contributed by atoms with van der Waals surface area (Å²) in [4.78, 5) is 37.5. The third kappa shape index (κ3) is 3.18. The molecule has 1 aliphatic carbocycles. The van der Waals surface area contributed by atoms with E-state index in [4.69, 9.17) is 0 Å². The summed E-state index contributed by atoms with van der Waals surface area (Å²) in [5.74, 6) is 0.242. The van der Waals surface area contributed by atoms with Gasteiger partial charge in [-0.1, -0.05) is 30.0 Å². The Morgan fingerprint density at radius 2 is 2.22 bits per heavy atom. The first kappa shape index (κ1) is 16.2. The van der Waals surface area contributed by atoms with Crippen LogP contribution in [0.1, 0.15) is 26.7 Å². The van der Waals surface area contributed by atoms with E-state index < -0.39 is 17.5 Å². The standard InChI is InChI=1S/C13H17N5O3S2/c1-3-22-12-17-16-10(23-12)14-8(19)6-18-9(20)13(2,7-4-5-7)15-11(18)21/h7H,3-6H2,1-2H3,(H,15,21)(H,14,16,19)/t13-/m1/s1. The lowest BCUT2D eigenvalue weighted by Crippen LogP contribution is -2.46. The Balaban J connectivity index is 1.61. The molecule has 0 unspecified atom stereocenters. The minimum Gasteiger partial charge on any atom is -0.323 e. The summed E-state index contributed by atoms with van der Waals surface area (Å²) < 4.78 is 0.763. The molecule has 0 radical (unpaired) electrons. The summed E-state index contributed by atoms with van der Waals surface area (Å²) in [5.41, 5.74) is -0.870. The van der Waals surface area contributed by atoms with Crippen LogP contribution in [-0.4, -0.2) is 50.8 Å². The van der Waals surface area contributed by atoms with Crippen LogP contribution in [0.4, 0.5) is 9.93 Å². The third-order valence-electron chi connectivity index (χ3n) is 3.92. The summed E-state index contributed by atoms with van der Waals surface area (Å²) in [5, 5.41) is 13.5. The van der Waals surface area contributed by atoms with Crippen LogP contribution < -0.4 is 10.6 Å².